The maximum Gasteiger partial charge on any atom is 0.161 e. The summed E-state index contributed by atoms with van der Waals surface area (Å²) < 4.78 is 16.5. The summed E-state index contributed by atoms with van der Waals surface area (Å²) in [5.74, 6) is 1.58. The van der Waals surface area contributed by atoms with Crippen LogP contribution in [0.2, 0.25) is 0 Å². The zero-order chi connectivity index (χ0) is 13.2. The number of benzene rings is 1. The molecule has 0 aliphatic carbocycles. The molecule has 0 aromatic heterocycles. The van der Waals surface area contributed by atoms with Crippen molar-refractivity contribution in [3.8, 4) is 11.5 Å². The maximum atomic E-state index is 6.21. The lowest BCUT2D eigenvalue weighted by molar-refractivity contribution is 0.00992. The van der Waals surface area contributed by atoms with Gasteiger partial charge in [-0.1, -0.05) is 6.07 Å². The van der Waals surface area contributed by atoms with Gasteiger partial charge in [0.1, 0.15) is 13.2 Å². The third-order valence-electron chi connectivity index (χ3n) is 3.26. The molecule has 100 valence electrons. The first-order valence-corrected chi connectivity index (χ1v) is 6.22. The molecular weight excluding hydrogens is 230 g/mol. The van der Waals surface area contributed by atoms with E-state index in [1.165, 1.54) is 0 Å². The van der Waals surface area contributed by atoms with E-state index in [4.69, 9.17) is 19.9 Å². The van der Waals surface area contributed by atoms with Gasteiger partial charge in [-0.05, 0) is 38.0 Å². The molecule has 1 aromatic carbocycles. The molecule has 0 fully saturated rings. The molecule has 0 saturated carbocycles. The second-order valence-electron chi connectivity index (χ2n) is 5.18. The summed E-state index contributed by atoms with van der Waals surface area (Å²) in [5, 5.41) is 0. The smallest absolute Gasteiger partial charge is 0.161 e. The standard InChI is InChI=1S/C14H21NO3/c1-14(2,16-3)9-11(15)10-4-5-12-13(8-10)18-7-6-17-12/h4-5,8,11H,6-7,9,15H2,1-3H3. The van der Waals surface area contributed by atoms with Crippen LogP contribution in [0.25, 0.3) is 0 Å². The molecule has 1 aliphatic heterocycles. The molecule has 4 nitrogen and oxygen atoms in total. The molecule has 0 amide bonds. The summed E-state index contributed by atoms with van der Waals surface area (Å²) in [6.07, 6.45) is 0.753. The zero-order valence-electron chi connectivity index (χ0n) is 11.2. The topological polar surface area (TPSA) is 53.7 Å². The third-order valence-corrected chi connectivity index (χ3v) is 3.26. The van der Waals surface area contributed by atoms with Gasteiger partial charge in [0.05, 0.1) is 5.60 Å². The van der Waals surface area contributed by atoms with Gasteiger partial charge in [-0.15, -0.1) is 0 Å². The van der Waals surface area contributed by atoms with Crippen LogP contribution in [-0.4, -0.2) is 25.9 Å². The average molecular weight is 251 g/mol. The molecule has 18 heavy (non-hydrogen) atoms. The van der Waals surface area contributed by atoms with E-state index >= 15 is 0 Å². The summed E-state index contributed by atoms with van der Waals surface area (Å²) in [5.41, 5.74) is 7.03. The Labute approximate surface area is 108 Å². The van der Waals surface area contributed by atoms with Crippen molar-refractivity contribution < 1.29 is 14.2 Å². The molecule has 0 radical (unpaired) electrons. The minimum Gasteiger partial charge on any atom is -0.486 e. The van der Waals surface area contributed by atoms with E-state index in [1.807, 2.05) is 32.0 Å². The van der Waals surface area contributed by atoms with Crippen molar-refractivity contribution in [3.63, 3.8) is 0 Å². The predicted molar refractivity (Wildman–Crippen MR) is 70.1 cm³/mol. The van der Waals surface area contributed by atoms with Gasteiger partial charge in [-0.25, -0.2) is 0 Å². The van der Waals surface area contributed by atoms with Crippen LogP contribution in [0, 0.1) is 0 Å². The van der Waals surface area contributed by atoms with Crippen LogP contribution in [0.3, 0.4) is 0 Å². The molecule has 1 aliphatic rings. The molecular formula is C14H21NO3. The van der Waals surface area contributed by atoms with Gasteiger partial charge < -0.3 is 19.9 Å². The van der Waals surface area contributed by atoms with Crippen molar-refractivity contribution in [1.29, 1.82) is 0 Å². The Hall–Kier alpha value is -1.26. The van der Waals surface area contributed by atoms with Crippen molar-refractivity contribution in [3.05, 3.63) is 23.8 Å². The van der Waals surface area contributed by atoms with Crippen LogP contribution in [-0.2, 0) is 4.74 Å². The Bertz CT molecular complexity index is 418. The zero-order valence-corrected chi connectivity index (χ0v) is 11.2. The summed E-state index contributed by atoms with van der Waals surface area (Å²) in [6.45, 7) is 5.26. The van der Waals surface area contributed by atoms with E-state index in [2.05, 4.69) is 0 Å². The van der Waals surface area contributed by atoms with Crippen molar-refractivity contribution in [2.24, 2.45) is 5.73 Å². The minimum absolute atomic E-state index is 0.0734. The molecule has 1 heterocycles. The summed E-state index contributed by atoms with van der Waals surface area (Å²) in [7, 11) is 1.70. The van der Waals surface area contributed by atoms with Gasteiger partial charge in [0.15, 0.2) is 11.5 Å². The Morgan fingerprint density at radius 1 is 1.28 bits per heavy atom. The molecule has 1 unspecified atom stereocenters. The molecule has 0 saturated heterocycles. The number of hydrogen-bond acceptors (Lipinski definition) is 4. The third kappa shape index (κ3) is 2.94. The van der Waals surface area contributed by atoms with E-state index in [0.29, 0.717) is 13.2 Å². The molecule has 2 N–H and O–H groups in total. The monoisotopic (exact) mass is 251 g/mol. The highest BCUT2D eigenvalue weighted by Gasteiger charge is 2.22. The molecule has 0 spiro atoms. The van der Waals surface area contributed by atoms with E-state index in [0.717, 1.165) is 23.5 Å². The normalized spacial score (nSPS) is 16.4. The van der Waals surface area contributed by atoms with Gasteiger partial charge in [0.2, 0.25) is 0 Å². The van der Waals surface area contributed by atoms with Crippen LogP contribution in [0.15, 0.2) is 18.2 Å². The fourth-order valence-electron chi connectivity index (χ4n) is 2.02. The summed E-state index contributed by atoms with van der Waals surface area (Å²) >= 11 is 0. The first-order chi connectivity index (χ1) is 8.52. The average Bonchev–Trinajstić information content (AvgIpc) is 2.37. The summed E-state index contributed by atoms with van der Waals surface area (Å²) in [4.78, 5) is 0. The van der Waals surface area contributed by atoms with Gasteiger partial charge in [-0.3, -0.25) is 0 Å². The van der Waals surface area contributed by atoms with Crippen LogP contribution >= 0.6 is 0 Å². The Morgan fingerprint density at radius 2 is 1.94 bits per heavy atom. The van der Waals surface area contributed by atoms with Crippen molar-refractivity contribution in [2.75, 3.05) is 20.3 Å². The van der Waals surface area contributed by atoms with Gasteiger partial charge in [0, 0.05) is 13.2 Å². The Morgan fingerprint density at radius 3 is 2.61 bits per heavy atom. The van der Waals surface area contributed by atoms with E-state index in [1.54, 1.807) is 7.11 Å². The van der Waals surface area contributed by atoms with Crippen molar-refractivity contribution in [2.45, 2.75) is 31.9 Å². The van der Waals surface area contributed by atoms with E-state index in [9.17, 15) is 0 Å². The van der Waals surface area contributed by atoms with Crippen LogP contribution in [0.5, 0.6) is 11.5 Å². The lowest BCUT2D eigenvalue weighted by atomic mass is 9.94. The van der Waals surface area contributed by atoms with E-state index in [-0.39, 0.29) is 11.6 Å². The van der Waals surface area contributed by atoms with Gasteiger partial charge in [0.25, 0.3) is 0 Å². The van der Waals surface area contributed by atoms with Gasteiger partial charge in [-0.2, -0.15) is 0 Å². The SMILES string of the molecule is COC(C)(C)CC(N)c1ccc2c(c1)OCCO2. The lowest BCUT2D eigenvalue weighted by Gasteiger charge is -2.27. The highest BCUT2D eigenvalue weighted by molar-refractivity contribution is 5.44. The van der Waals surface area contributed by atoms with E-state index < -0.39 is 0 Å². The second-order valence-corrected chi connectivity index (χ2v) is 5.18. The van der Waals surface area contributed by atoms with Crippen LogP contribution in [0.4, 0.5) is 0 Å². The lowest BCUT2D eigenvalue weighted by Crippen LogP contribution is -2.28. The van der Waals surface area contributed by atoms with Crippen LogP contribution < -0.4 is 15.2 Å². The number of methoxy groups -OCH3 is 1. The Kier molecular flexibility index (Phi) is 3.78. The largest absolute Gasteiger partial charge is 0.486 e. The highest BCUT2D eigenvalue weighted by atomic mass is 16.6. The quantitative estimate of drug-likeness (QED) is 0.892. The van der Waals surface area contributed by atoms with Crippen LogP contribution in [0.1, 0.15) is 31.9 Å². The first kappa shape index (κ1) is 13.2. The molecule has 2 rings (SSSR count). The number of fused-ring (bicyclic) bond motifs is 1. The Balaban J connectivity index is 2.13. The van der Waals surface area contributed by atoms with Crippen molar-refractivity contribution >= 4 is 0 Å². The summed E-state index contributed by atoms with van der Waals surface area (Å²) in [6, 6.07) is 5.80. The number of hydrogen-bond donors (Lipinski definition) is 1. The van der Waals surface area contributed by atoms with Gasteiger partial charge >= 0.3 is 0 Å². The molecule has 0 bridgehead atoms. The molecule has 1 aromatic rings. The predicted octanol–water partition coefficient (Wildman–Crippen LogP) is 2.27. The maximum absolute atomic E-state index is 6.21. The minimum atomic E-state index is -0.229. The number of nitrogens with two attached hydrogens (primary N) is 1. The molecule has 1 atom stereocenters. The fourth-order valence-corrected chi connectivity index (χ4v) is 2.02. The first-order valence-electron chi connectivity index (χ1n) is 6.22. The number of ether oxygens (including phenoxy) is 3. The fraction of sp³-hybridized carbons (Fsp3) is 0.571. The van der Waals surface area contributed by atoms with Crippen molar-refractivity contribution in [1.82, 2.24) is 0 Å². The number of rotatable bonds is 4. The highest BCUT2D eigenvalue weighted by Crippen LogP contribution is 2.34. The second kappa shape index (κ2) is 5.16. The molecule has 4 heteroatoms.